The average molecular weight is 273 g/mol. The molecule has 0 aliphatic carbocycles. The van der Waals surface area contributed by atoms with Crippen molar-refractivity contribution in [2.45, 2.75) is 12.6 Å². The molecule has 4 nitrogen and oxygen atoms in total. The summed E-state index contributed by atoms with van der Waals surface area (Å²) in [5, 5.41) is 8.87. The summed E-state index contributed by atoms with van der Waals surface area (Å²) in [6.45, 7) is 2.62. The molecule has 1 aromatic carbocycles. The fraction of sp³-hybridized carbons (Fsp3) is 0.400. The second-order valence-corrected chi connectivity index (χ2v) is 4.58. The number of rotatable bonds is 2. The molecule has 0 saturated carbocycles. The van der Waals surface area contributed by atoms with Crippen molar-refractivity contribution in [2.24, 2.45) is 5.73 Å². The number of ether oxygens (including phenoxy) is 1. The summed E-state index contributed by atoms with van der Waals surface area (Å²) in [4.78, 5) is 2.08. The zero-order valence-corrected chi connectivity index (χ0v) is 11.1. The van der Waals surface area contributed by atoms with Crippen molar-refractivity contribution in [3.05, 3.63) is 35.1 Å². The highest BCUT2D eigenvalue weighted by atomic mass is 19.1. The van der Waals surface area contributed by atoms with Gasteiger partial charge < -0.3 is 10.5 Å². The van der Waals surface area contributed by atoms with Gasteiger partial charge in [0.05, 0.1) is 19.2 Å². The summed E-state index contributed by atoms with van der Waals surface area (Å²) < 4.78 is 18.8. The number of nitrogens with zero attached hydrogens (tertiary/aromatic N) is 2. The molecule has 5 heteroatoms. The quantitative estimate of drug-likeness (QED) is 0.812. The average Bonchev–Trinajstić information content (AvgIpc) is 2.44. The smallest absolute Gasteiger partial charge is 0.156 e. The molecular weight excluding hydrogens is 257 g/mol. The minimum Gasteiger partial charge on any atom is -0.361 e. The van der Waals surface area contributed by atoms with Gasteiger partial charge in [-0.25, -0.2) is 4.39 Å². The predicted octanol–water partition coefficient (Wildman–Crippen LogP) is 0.860. The minimum absolute atomic E-state index is 0.249. The van der Waals surface area contributed by atoms with Crippen LogP contribution >= 0.6 is 0 Å². The van der Waals surface area contributed by atoms with Crippen molar-refractivity contribution in [3.63, 3.8) is 0 Å². The lowest BCUT2D eigenvalue weighted by Crippen LogP contribution is -2.41. The van der Waals surface area contributed by atoms with Crippen LogP contribution in [0.15, 0.2) is 18.2 Å². The third-order valence-corrected chi connectivity index (χ3v) is 2.99. The van der Waals surface area contributed by atoms with Gasteiger partial charge in [-0.3, -0.25) is 4.90 Å². The first-order valence-electron chi connectivity index (χ1n) is 6.43. The normalized spacial score (nSPS) is 18.9. The van der Waals surface area contributed by atoms with Gasteiger partial charge in [0, 0.05) is 25.2 Å². The van der Waals surface area contributed by atoms with Crippen molar-refractivity contribution in [1.82, 2.24) is 4.90 Å². The fourth-order valence-electron chi connectivity index (χ4n) is 2.15. The van der Waals surface area contributed by atoms with E-state index in [-0.39, 0.29) is 12.4 Å². The number of halogens is 1. The lowest BCUT2D eigenvalue weighted by molar-refractivity contribution is -0.00271. The van der Waals surface area contributed by atoms with Gasteiger partial charge in [-0.2, -0.15) is 5.26 Å². The first-order chi connectivity index (χ1) is 9.71. The molecule has 0 aromatic heterocycles. The van der Waals surface area contributed by atoms with Gasteiger partial charge in [0.2, 0.25) is 0 Å². The highest BCUT2D eigenvalue weighted by Crippen LogP contribution is 2.13. The number of nitrogens with two attached hydrogens (primary N) is 1. The molecule has 0 bridgehead atoms. The molecule has 104 valence electrons. The van der Waals surface area contributed by atoms with E-state index in [9.17, 15) is 4.39 Å². The highest BCUT2D eigenvalue weighted by molar-refractivity contribution is 5.38. The Balaban J connectivity index is 2.09. The Bertz CT molecular complexity index is 571. The van der Waals surface area contributed by atoms with E-state index in [0.717, 1.165) is 12.1 Å². The molecule has 2 N–H and O–H groups in total. The van der Waals surface area contributed by atoms with Crippen LogP contribution in [0.3, 0.4) is 0 Å². The van der Waals surface area contributed by atoms with Crippen LogP contribution in [0, 0.1) is 29.0 Å². The molecule has 0 spiro atoms. The number of nitriles is 1. The fourth-order valence-corrected chi connectivity index (χ4v) is 2.15. The summed E-state index contributed by atoms with van der Waals surface area (Å²) in [6, 6.07) is 6.83. The molecule has 0 amide bonds. The van der Waals surface area contributed by atoms with Gasteiger partial charge in [0.1, 0.15) is 5.82 Å². The maximum atomic E-state index is 13.6. The Morgan fingerprint density at radius 2 is 2.30 bits per heavy atom. The minimum atomic E-state index is -0.409. The predicted molar refractivity (Wildman–Crippen MR) is 73.0 cm³/mol. The van der Waals surface area contributed by atoms with E-state index >= 15 is 0 Å². The van der Waals surface area contributed by atoms with Crippen LogP contribution in [-0.4, -0.2) is 37.2 Å². The number of hydrogen-bond donors (Lipinski definition) is 1. The molecule has 1 saturated heterocycles. The first kappa shape index (κ1) is 14.5. The van der Waals surface area contributed by atoms with Crippen molar-refractivity contribution in [1.29, 1.82) is 5.26 Å². The second-order valence-electron chi connectivity index (χ2n) is 4.58. The van der Waals surface area contributed by atoms with Gasteiger partial charge in [-0.1, -0.05) is 11.8 Å². The third-order valence-electron chi connectivity index (χ3n) is 2.99. The van der Waals surface area contributed by atoms with Crippen molar-refractivity contribution < 1.29 is 9.13 Å². The summed E-state index contributed by atoms with van der Waals surface area (Å²) in [7, 11) is 0. The van der Waals surface area contributed by atoms with Crippen LogP contribution in [-0.2, 0) is 11.3 Å². The summed E-state index contributed by atoms with van der Waals surface area (Å²) >= 11 is 0. The van der Waals surface area contributed by atoms with Crippen molar-refractivity contribution in [3.8, 4) is 17.9 Å². The molecule has 0 radical (unpaired) electrons. The summed E-state index contributed by atoms with van der Waals surface area (Å²) in [6.07, 6.45) is -0.409. The lowest BCUT2D eigenvalue weighted by atomic mass is 10.1. The van der Waals surface area contributed by atoms with E-state index in [2.05, 4.69) is 22.8 Å². The third kappa shape index (κ3) is 4.04. The Kier molecular flexibility index (Phi) is 5.09. The molecule has 1 unspecified atom stereocenters. The van der Waals surface area contributed by atoms with E-state index in [1.54, 1.807) is 0 Å². The standard InChI is InChI=1S/C15H16FN3O/c16-14-7-12(2-1-3-17)6-13(8-14)10-19-4-5-20-15(9-18)11-19/h6-8,15H,3-5,10-11,17H2. The van der Waals surface area contributed by atoms with Gasteiger partial charge >= 0.3 is 0 Å². The monoisotopic (exact) mass is 273 g/mol. The molecule has 1 aliphatic heterocycles. The van der Waals surface area contributed by atoms with Crippen LogP contribution in [0.4, 0.5) is 4.39 Å². The molecule has 1 aliphatic rings. The zero-order chi connectivity index (χ0) is 14.4. The SMILES string of the molecule is N#CC1CN(Cc2cc(F)cc(C#CCN)c2)CCO1. The number of morpholine rings is 1. The van der Waals surface area contributed by atoms with E-state index in [1.165, 1.54) is 12.1 Å². The van der Waals surface area contributed by atoms with E-state index in [0.29, 0.717) is 25.3 Å². The molecule has 2 rings (SSSR count). The molecule has 1 fully saturated rings. The van der Waals surface area contributed by atoms with E-state index < -0.39 is 6.10 Å². The Labute approximate surface area is 117 Å². The largest absolute Gasteiger partial charge is 0.361 e. The van der Waals surface area contributed by atoms with Crippen LogP contribution < -0.4 is 5.73 Å². The Morgan fingerprint density at radius 3 is 3.05 bits per heavy atom. The molecule has 20 heavy (non-hydrogen) atoms. The van der Waals surface area contributed by atoms with Gasteiger partial charge in [-0.15, -0.1) is 0 Å². The molecule has 1 heterocycles. The maximum absolute atomic E-state index is 13.6. The summed E-state index contributed by atoms with van der Waals surface area (Å²) in [5.41, 5.74) is 6.77. The first-order valence-corrected chi connectivity index (χ1v) is 6.43. The van der Waals surface area contributed by atoms with Gasteiger partial charge in [0.15, 0.2) is 6.10 Å². The van der Waals surface area contributed by atoms with Crippen molar-refractivity contribution >= 4 is 0 Å². The number of benzene rings is 1. The van der Waals surface area contributed by atoms with Crippen LogP contribution in [0.2, 0.25) is 0 Å². The number of hydrogen-bond acceptors (Lipinski definition) is 4. The highest BCUT2D eigenvalue weighted by Gasteiger charge is 2.20. The van der Waals surface area contributed by atoms with Crippen LogP contribution in [0.25, 0.3) is 0 Å². The molecule has 1 atom stereocenters. The zero-order valence-electron chi connectivity index (χ0n) is 11.1. The van der Waals surface area contributed by atoms with Crippen molar-refractivity contribution in [2.75, 3.05) is 26.2 Å². The Hall–Kier alpha value is -1.92. The molecular formula is C15H16FN3O. The van der Waals surface area contributed by atoms with Gasteiger partial charge in [-0.05, 0) is 23.8 Å². The van der Waals surface area contributed by atoms with Crippen LogP contribution in [0.5, 0.6) is 0 Å². The van der Waals surface area contributed by atoms with Crippen LogP contribution in [0.1, 0.15) is 11.1 Å². The van der Waals surface area contributed by atoms with E-state index in [1.807, 2.05) is 6.07 Å². The topological polar surface area (TPSA) is 62.3 Å². The summed E-state index contributed by atoms with van der Waals surface area (Å²) in [5.74, 6) is 5.23. The Morgan fingerprint density at radius 1 is 1.45 bits per heavy atom. The van der Waals surface area contributed by atoms with Gasteiger partial charge in [0.25, 0.3) is 0 Å². The lowest BCUT2D eigenvalue weighted by Gasteiger charge is -2.29. The second kappa shape index (κ2) is 7.02. The molecule has 1 aromatic rings. The van der Waals surface area contributed by atoms with E-state index in [4.69, 9.17) is 15.7 Å². The maximum Gasteiger partial charge on any atom is 0.156 e.